The third kappa shape index (κ3) is 2.87. The number of nitrogens with zero attached hydrogens (tertiary/aromatic N) is 2. The van der Waals surface area contributed by atoms with Gasteiger partial charge in [-0.1, -0.05) is 11.8 Å². The molecule has 1 saturated carbocycles. The van der Waals surface area contributed by atoms with Crippen molar-refractivity contribution < 1.29 is 5.11 Å². The molecule has 4 nitrogen and oxygen atoms in total. The first kappa shape index (κ1) is 13.2. The first-order valence-electron chi connectivity index (χ1n) is 6.72. The maximum Gasteiger partial charge on any atom is 0.328 e. The first-order valence-corrected chi connectivity index (χ1v) is 7.60. The van der Waals surface area contributed by atoms with Crippen molar-refractivity contribution in [1.82, 2.24) is 9.13 Å². The zero-order valence-corrected chi connectivity index (χ0v) is 11.9. The summed E-state index contributed by atoms with van der Waals surface area (Å²) in [5, 5.41) is 10.7. The highest BCUT2D eigenvalue weighted by molar-refractivity contribution is 7.10. The lowest BCUT2D eigenvalue weighted by Crippen LogP contribution is -2.23. The Kier molecular flexibility index (Phi) is 3.77. The summed E-state index contributed by atoms with van der Waals surface area (Å²) in [6.45, 7) is 0.693. The minimum absolute atomic E-state index is 0.0776. The van der Waals surface area contributed by atoms with Gasteiger partial charge in [-0.25, -0.2) is 4.79 Å². The van der Waals surface area contributed by atoms with Gasteiger partial charge in [0.25, 0.3) is 0 Å². The number of hydrogen-bond acceptors (Lipinski definition) is 3. The number of thiophene rings is 1. The van der Waals surface area contributed by atoms with E-state index in [2.05, 4.69) is 11.8 Å². The van der Waals surface area contributed by atoms with E-state index < -0.39 is 0 Å². The van der Waals surface area contributed by atoms with Gasteiger partial charge >= 0.3 is 5.69 Å². The number of imidazole rings is 1. The lowest BCUT2D eigenvalue weighted by atomic mass is 10.3. The van der Waals surface area contributed by atoms with Crippen LogP contribution in [0.15, 0.2) is 28.6 Å². The summed E-state index contributed by atoms with van der Waals surface area (Å²) in [5.41, 5.74) is 1.03. The summed E-state index contributed by atoms with van der Waals surface area (Å²) in [5.74, 6) is 5.91. The topological polar surface area (TPSA) is 47.2 Å². The zero-order chi connectivity index (χ0) is 13.9. The van der Waals surface area contributed by atoms with Gasteiger partial charge in [-0.3, -0.25) is 9.13 Å². The molecule has 20 heavy (non-hydrogen) atoms. The van der Waals surface area contributed by atoms with Crippen molar-refractivity contribution in [2.75, 3.05) is 6.61 Å². The van der Waals surface area contributed by atoms with E-state index in [4.69, 9.17) is 5.11 Å². The Morgan fingerprint density at radius 3 is 3.00 bits per heavy atom. The maximum absolute atomic E-state index is 12.1. The average Bonchev–Trinajstić information content (AvgIpc) is 3.09. The molecule has 0 saturated heterocycles. The summed E-state index contributed by atoms with van der Waals surface area (Å²) in [6.07, 6.45) is 6.48. The van der Waals surface area contributed by atoms with E-state index in [0.29, 0.717) is 19.0 Å². The highest BCUT2D eigenvalue weighted by Crippen LogP contribution is 2.33. The van der Waals surface area contributed by atoms with Gasteiger partial charge in [0.1, 0.15) is 0 Å². The van der Waals surface area contributed by atoms with Crippen LogP contribution in [0.2, 0.25) is 0 Å². The van der Waals surface area contributed by atoms with Gasteiger partial charge in [0, 0.05) is 40.7 Å². The van der Waals surface area contributed by atoms with Gasteiger partial charge in [0.05, 0.1) is 13.2 Å². The molecule has 1 aliphatic carbocycles. The van der Waals surface area contributed by atoms with Crippen molar-refractivity contribution in [2.24, 2.45) is 0 Å². The number of hydrogen-bond donors (Lipinski definition) is 1. The third-order valence-electron chi connectivity index (χ3n) is 3.26. The standard InChI is InChI=1S/C15H16N2O2S/c18-8-2-1-3-12-9-14(20-11-12)10-16-6-7-17(15(16)19)13-4-5-13/h6-7,9,11,13,18H,2,4-5,8,10H2. The highest BCUT2D eigenvalue weighted by Gasteiger charge is 2.25. The molecule has 1 aliphatic rings. The Morgan fingerprint density at radius 1 is 1.40 bits per heavy atom. The maximum atomic E-state index is 12.1. The Morgan fingerprint density at radius 2 is 2.25 bits per heavy atom. The second kappa shape index (κ2) is 5.70. The Balaban J connectivity index is 1.72. The Labute approximate surface area is 121 Å². The smallest absolute Gasteiger partial charge is 0.328 e. The lowest BCUT2D eigenvalue weighted by molar-refractivity contribution is 0.305. The van der Waals surface area contributed by atoms with Gasteiger partial charge < -0.3 is 5.11 Å². The van der Waals surface area contributed by atoms with Crippen molar-refractivity contribution in [1.29, 1.82) is 0 Å². The van der Waals surface area contributed by atoms with E-state index in [1.54, 1.807) is 15.9 Å². The molecule has 0 atom stereocenters. The lowest BCUT2D eigenvalue weighted by Gasteiger charge is -1.98. The van der Waals surface area contributed by atoms with Crippen molar-refractivity contribution in [3.05, 3.63) is 44.8 Å². The molecular weight excluding hydrogens is 272 g/mol. The Bertz CT molecular complexity index is 710. The molecule has 1 N–H and O–H groups in total. The second-order valence-corrected chi connectivity index (χ2v) is 5.92. The molecule has 0 unspecified atom stereocenters. The summed E-state index contributed by atoms with van der Waals surface area (Å²) >= 11 is 1.61. The van der Waals surface area contributed by atoms with E-state index in [1.807, 2.05) is 28.4 Å². The molecule has 0 aliphatic heterocycles. The van der Waals surface area contributed by atoms with Gasteiger partial charge in [-0.2, -0.15) is 0 Å². The monoisotopic (exact) mass is 288 g/mol. The van der Waals surface area contributed by atoms with Crippen molar-refractivity contribution in [3.8, 4) is 11.8 Å². The largest absolute Gasteiger partial charge is 0.395 e. The molecule has 104 valence electrons. The fraction of sp³-hybridized carbons (Fsp3) is 0.400. The van der Waals surface area contributed by atoms with Gasteiger partial charge in [-0.05, 0) is 18.9 Å². The van der Waals surface area contributed by atoms with E-state index >= 15 is 0 Å². The SMILES string of the molecule is O=c1n(Cc2cc(C#CCCO)cs2)ccn1C1CC1. The van der Waals surface area contributed by atoms with Crippen LogP contribution in [-0.4, -0.2) is 20.8 Å². The molecule has 2 aromatic rings. The molecule has 2 heterocycles. The molecule has 2 aromatic heterocycles. The quantitative estimate of drug-likeness (QED) is 0.873. The van der Waals surface area contributed by atoms with E-state index in [-0.39, 0.29) is 12.3 Å². The van der Waals surface area contributed by atoms with Crippen LogP contribution in [-0.2, 0) is 6.54 Å². The normalized spacial score (nSPS) is 14.1. The minimum Gasteiger partial charge on any atom is -0.395 e. The molecule has 3 rings (SSSR count). The minimum atomic E-state index is 0.0776. The van der Waals surface area contributed by atoms with Crippen LogP contribution in [0.25, 0.3) is 0 Å². The van der Waals surface area contributed by atoms with E-state index in [9.17, 15) is 4.79 Å². The molecule has 0 spiro atoms. The van der Waals surface area contributed by atoms with Crippen molar-refractivity contribution in [3.63, 3.8) is 0 Å². The number of aromatic nitrogens is 2. The zero-order valence-electron chi connectivity index (χ0n) is 11.1. The van der Waals surface area contributed by atoms with Crippen LogP contribution in [0, 0.1) is 11.8 Å². The van der Waals surface area contributed by atoms with E-state index in [0.717, 1.165) is 23.3 Å². The molecule has 0 bridgehead atoms. The van der Waals surface area contributed by atoms with Crippen LogP contribution in [0.3, 0.4) is 0 Å². The summed E-state index contributed by atoms with van der Waals surface area (Å²) < 4.78 is 3.57. The Hall–Kier alpha value is -1.77. The third-order valence-corrected chi connectivity index (χ3v) is 4.19. The number of aliphatic hydroxyl groups excluding tert-OH is 1. The molecule has 0 amide bonds. The summed E-state index contributed by atoms with van der Waals surface area (Å²) in [4.78, 5) is 13.3. The van der Waals surface area contributed by atoms with Crippen LogP contribution in [0.1, 0.15) is 35.7 Å². The van der Waals surface area contributed by atoms with Gasteiger partial charge in [0.15, 0.2) is 0 Å². The molecular formula is C15H16N2O2S. The van der Waals surface area contributed by atoms with Crippen LogP contribution in [0.5, 0.6) is 0 Å². The molecule has 0 aromatic carbocycles. The molecule has 1 fully saturated rings. The molecule has 0 radical (unpaired) electrons. The predicted molar refractivity (Wildman–Crippen MR) is 79.0 cm³/mol. The predicted octanol–water partition coefficient (Wildman–Crippen LogP) is 1.83. The molecule has 5 heteroatoms. The number of rotatable bonds is 4. The van der Waals surface area contributed by atoms with Gasteiger partial charge in [0.2, 0.25) is 0 Å². The fourth-order valence-corrected chi connectivity index (χ4v) is 2.91. The van der Waals surface area contributed by atoms with E-state index in [1.165, 1.54) is 0 Å². The van der Waals surface area contributed by atoms with Crippen LogP contribution >= 0.6 is 11.3 Å². The van der Waals surface area contributed by atoms with Crippen LogP contribution < -0.4 is 5.69 Å². The van der Waals surface area contributed by atoms with Gasteiger partial charge in [-0.15, -0.1) is 11.3 Å². The van der Waals surface area contributed by atoms with Crippen molar-refractivity contribution in [2.45, 2.75) is 31.8 Å². The second-order valence-electron chi connectivity index (χ2n) is 4.92. The fourth-order valence-electron chi connectivity index (χ4n) is 2.10. The first-order chi connectivity index (χ1) is 9.78. The number of aliphatic hydroxyl groups is 1. The summed E-state index contributed by atoms with van der Waals surface area (Å²) in [6, 6.07) is 2.43. The van der Waals surface area contributed by atoms with Crippen molar-refractivity contribution >= 4 is 11.3 Å². The summed E-state index contributed by atoms with van der Waals surface area (Å²) in [7, 11) is 0. The highest BCUT2D eigenvalue weighted by atomic mass is 32.1. The average molecular weight is 288 g/mol. The van der Waals surface area contributed by atoms with Crippen LogP contribution in [0.4, 0.5) is 0 Å².